The van der Waals surface area contributed by atoms with Gasteiger partial charge in [-0.05, 0) is 6.07 Å². The van der Waals surface area contributed by atoms with E-state index in [1.165, 1.54) is 19.2 Å². The van der Waals surface area contributed by atoms with Gasteiger partial charge in [-0.15, -0.1) is 5.10 Å². The number of non-ortho nitro benzene ring substituents is 1. The molecule has 0 spiro atoms. The van der Waals surface area contributed by atoms with Gasteiger partial charge in [0, 0.05) is 19.3 Å². The van der Waals surface area contributed by atoms with E-state index in [2.05, 4.69) is 15.6 Å². The number of ether oxygens (including phenoxy) is 1. The van der Waals surface area contributed by atoms with Gasteiger partial charge in [-0.2, -0.15) is 0 Å². The van der Waals surface area contributed by atoms with Crippen LogP contribution in [0, 0.1) is 10.1 Å². The molecule has 0 bridgehead atoms. The van der Waals surface area contributed by atoms with Gasteiger partial charge in [0.25, 0.3) is 5.69 Å². The van der Waals surface area contributed by atoms with Crippen molar-refractivity contribution in [2.24, 2.45) is 7.05 Å². The van der Waals surface area contributed by atoms with E-state index in [0.717, 1.165) is 5.69 Å². The molecule has 0 amide bonds. The normalized spacial score (nSPS) is 10.2. The number of nitro groups is 1. The number of nitro benzene ring substituents is 1. The standard InChI is InChI=1S/C11H13N5O3/c1-15-7-8(13-14-15)6-12-10-4-3-9(16(17)18)5-11(10)19-2/h3-5,7,12H,6H2,1-2H3. The van der Waals surface area contributed by atoms with Crippen LogP contribution >= 0.6 is 0 Å². The Hall–Kier alpha value is -2.64. The van der Waals surface area contributed by atoms with Crippen LogP contribution in [0.15, 0.2) is 24.4 Å². The summed E-state index contributed by atoms with van der Waals surface area (Å²) in [6.45, 7) is 0.460. The van der Waals surface area contributed by atoms with E-state index in [1.807, 2.05) is 0 Å². The van der Waals surface area contributed by atoms with Gasteiger partial charge in [-0.1, -0.05) is 5.21 Å². The number of hydrogen-bond acceptors (Lipinski definition) is 6. The highest BCUT2D eigenvalue weighted by atomic mass is 16.6. The minimum absolute atomic E-state index is 0.0121. The Morgan fingerprint density at radius 2 is 2.32 bits per heavy atom. The Morgan fingerprint density at radius 1 is 1.53 bits per heavy atom. The zero-order valence-corrected chi connectivity index (χ0v) is 10.5. The smallest absolute Gasteiger partial charge is 0.273 e. The first-order chi connectivity index (χ1) is 9.10. The first-order valence-electron chi connectivity index (χ1n) is 5.51. The maximum absolute atomic E-state index is 10.7. The average molecular weight is 263 g/mol. The fraction of sp³-hybridized carbons (Fsp3) is 0.273. The van der Waals surface area contributed by atoms with Gasteiger partial charge < -0.3 is 10.1 Å². The Kier molecular flexibility index (Phi) is 3.60. The van der Waals surface area contributed by atoms with Crippen LogP contribution in [0.2, 0.25) is 0 Å². The predicted octanol–water partition coefficient (Wildman–Crippen LogP) is 1.34. The molecule has 1 aromatic carbocycles. The molecule has 1 N–H and O–H groups in total. The van der Waals surface area contributed by atoms with Crippen LogP contribution in [-0.2, 0) is 13.6 Å². The lowest BCUT2D eigenvalue weighted by Crippen LogP contribution is -2.02. The summed E-state index contributed by atoms with van der Waals surface area (Å²) in [5.74, 6) is 0.415. The highest BCUT2D eigenvalue weighted by molar-refractivity contribution is 5.60. The maximum Gasteiger partial charge on any atom is 0.273 e. The summed E-state index contributed by atoms with van der Waals surface area (Å²) in [6.07, 6.45) is 1.78. The van der Waals surface area contributed by atoms with Crippen LogP contribution in [0.3, 0.4) is 0 Å². The molecule has 0 atom stereocenters. The second-order valence-electron chi connectivity index (χ2n) is 3.88. The molecule has 2 aromatic rings. The first-order valence-corrected chi connectivity index (χ1v) is 5.51. The van der Waals surface area contributed by atoms with E-state index in [9.17, 15) is 10.1 Å². The lowest BCUT2D eigenvalue weighted by Gasteiger charge is -2.09. The summed E-state index contributed by atoms with van der Waals surface area (Å²) < 4.78 is 6.72. The second-order valence-corrected chi connectivity index (χ2v) is 3.88. The molecular formula is C11H13N5O3. The molecule has 0 radical (unpaired) electrons. The van der Waals surface area contributed by atoms with E-state index in [0.29, 0.717) is 18.0 Å². The van der Waals surface area contributed by atoms with Crippen LogP contribution in [0.5, 0.6) is 5.75 Å². The van der Waals surface area contributed by atoms with E-state index in [1.54, 1.807) is 24.0 Å². The Morgan fingerprint density at radius 3 is 2.89 bits per heavy atom. The number of anilines is 1. The lowest BCUT2D eigenvalue weighted by molar-refractivity contribution is -0.384. The van der Waals surface area contributed by atoms with Crippen molar-refractivity contribution in [1.82, 2.24) is 15.0 Å². The minimum Gasteiger partial charge on any atom is -0.494 e. The molecule has 8 heteroatoms. The quantitative estimate of drug-likeness (QED) is 0.646. The second kappa shape index (κ2) is 5.34. The molecule has 0 fully saturated rings. The summed E-state index contributed by atoms with van der Waals surface area (Å²) in [7, 11) is 3.25. The molecule has 0 aliphatic heterocycles. The van der Waals surface area contributed by atoms with Crippen molar-refractivity contribution in [2.45, 2.75) is 6.54 Å². The zero-order valence-electron chi connectivity index (χ0n) is 10.5. The molecule has 1 heterocycles. The van der Waals surface area contributed by atoms with Crippen molar-refractivity contribution >= 4 is 11.4 Å². The van der Waals surface area contributed by atoms with Gasteiger partial charge in [0.05, 0.1) is 30.3 Å². The summed E-state index contributed by atoms with van der Waals surface area (Å²) in [6, 6.07) is 4.40. The SMILES string of the molecule is COc1cc([N+](=O)[O-])ccc1NCc1cn(C)nn1. The molecule has 1 aromatic heterocycles. The maximum atomic E-state index is 10.7. The largest absolute Gasteiger partial charge is 0.494 e. The Bertz CT molecular complexity index is 596. The van der Waals surface area contributed by atoms with Gasteiger partial charge in [0.2, 0.25) is 0 Å². The van der Waals surface area contributed by atoms with Crippen LogP contribution in [0.1, 0.15) is 5.69 Å². The predicted molar refractivity (Wildman–Crippen MR) is 68.0 cm³/mol. The van der Waals surface area contributed by atoms with Gasteiger partial charge >= 0.3 is 0 Å². The van der Waals surface area contributed by atoms with Crippen molar-refractivity contribution in [1.29, 1.82) is 0 Å². The molecule has 0 unspecified atom stereocenters. The number of aromatic nitrogens is 3. The molecule has 2 rings (SSSR count). The summed E-state index contributed by atoms with van der Waals surface area (Å²) in [5, 5.41) is 21.5. The third kappa shape index (κ3) is 2.97. The van der Waals surface area contributed by atoms with Gasteiger partial charge in [-0.3, -0.25) is 14.8 Å². The van der Waals surface area contributed by atoms with E-state index in [4.69, 9.17) is 4.74 Å². The average Bonchev–Trinajstić information content (AvgIpc) is 2.81. The molecule has 19 heavy (non-hydrogen) atoms. The van der Waals surface area contributed by atoms with Crippen molar-refractivity contribution < 1.29 is 9.66 Å². The molecule has 100 valence electrons. The van der Waals surface area contributed by atoms with Crippen LogP contribution < -0.4 is 10.1 Å². The van der Waals surface area contributed by atoms with Crippen LogP contribution in [0.4, 0.5) is 11.4 Å². The fourth-order valence-corrected chi connectivity index (χ4v) is 1.60. The summed E-state index contributed by atoms with van der Waals surface area (Å²) in [4.78, 5) is 10.2. The molecular weight excluding hydrogens is 250 g/mol. The highest BCUT2D eigenvalue weighted by Crippen LogP contribution is 2.29. The third-order valence-electron chi connectivity index (χ3n) is 2.51. The van der Waals surface area contributed by atoms with Crippen LogP contribution in [0.25, 0.3) is 0 Å². The molecule has 8 nitrogen and oxygen atoms in total. The molecule has 0 aliphatic rings. The molecule has 0 saturated heterocycles. The fourth-order valence-electron chi connectivity index (χ4n) is 1.60. The lowest BCUT2D eigenvalue weighted by atomic mass is 10.2. The van der Waals surface area contributed by atoms with Crippen molar-refractivity contribution in [3.05, 3.63) is 40.2 Å². The Labute approximate surface area is 109 Å². The monoisotopic (exact) mass is 263 g/mol. The third-order valence-corrected chi connectivity index (χ3v) is 2.51. The van der Waals surface area contributed by atoms with Crippen molar-refractivity contribution in [3.8, 4) is 5.75 Å². The molecule has 0 aliphatic carbocycles. The minimum atomic E-state index is -0.463. The molecule has 0 saturated carbocycles. The van der Waals surface area contributed by atoms with Gasteiger partial charge in [0.15, 0.2) is 0 Å². The number of hydrogen-bond donors (Lipinski definition) is 1. The number of nitrogens with one attached hydrogen (secondary N) is 1. The van der Waals surface area contributed by atoms with E-state index < -0.39 is 4.92 Å². The van der Waals surface area contributed by atoms with E-state index >= 15 is 0 Å². The number of aryl methyl sites for hydroxylation is 1. The summed E-state index contributed by atoms with van der Waals surface area (Å²) in [5.41, 5.74) is 1.42. The number of benzene rings is 1. The topological polar surface area (TPSA) is 95.1 Å². The number of rotatable bonds is 5. The summed E-state index contributed by atoms with van der Waals surface area (Å²) >= 11 is 0. The number of methoxy groups -OCH3 is 1. The van der Waals surface area contributed by atoms with Crippen LogP contribution in [-0.4, -0.2) is 27.0 Å². The van der Waals surface area contributed by atoms with Crippen molar-refractivity contribution in [2.75, 3.05) is 12.4 Å². The first kappa shape index (κ1) is 12.8. The van der Waals surface area contributed by atoms with E-state index in [-0.39, 0.29) is 5.69 Å². The number of nitrogens with zero attached hydrogens (tertiary/aromatic N) is 4. The highest BCUT2D eigenvalue weighted by Gasteiger charge is 2.11. The zero-order chi connectivity index (χ0) is 13.8. The van der Waals surface area contributed by atoms with Gasteiger partial charge in [-0.25, -0.2) is 0 Å². The van der Waals surface area contributed by atoms with Gasteiger partial charge in [0.1, 0.15) is 11.4 Å². The van der Waals surface area contributed by atoms with Crippen molar-refractivity contribution in [3.63, 3.8) is 0 Å². The Balaban J connectivity index is 2.13.